The molecule has 3 rings (SSSR count). The van der Waals surface area contributed by atoms with E-state index in [9.17, 15) is 14.4 Å². The first-order chi connectivity index (χ1) is 17.9. The number of halogens is 1. The van der Waals surface area contributed by atoms with Gasteiger partial charge in [-0.2, -0.15) is 0 Å². The van der Waals surface area contributed by atoms with Crippen LogP contribution in [0.25, 0.3) is 0 Å². The Morgan fingerprint density at radius 2 is 1.51 bits per heavy atom. The van der Waals surface area contributed by atoms with Crippen LogP contribution in [-0.4, -0.2) is 59.1 Å². The van der Waals surface area contributed by atoms with Crippen LogP contribution in [0.4, 0.5) is 20.1 Å². The highest BCUT2D eigenvalue weighted by atomic mass is 79.9. The van der Waals surface area contributed by atoms with Crippen LogP contribution in [0, 0.1) is 5.92 Å². The summed E-state index contributed by atoms with van der Waals surface area (Å²) in [7, 11) is 0. The minimum Gasteiger partial charge on any atom is -0.444 e. The van der Waals surface area contributed by atoms with Crippen LogP contribution in [0.15, 0.2) is 22.7 Å². The van der Waals surface area contributed by atoms with Crippen molar-refractivity contribution in [3.8, 4) is 0 Å². The molecule has 9 nitrogen and oxygen atoms in total. The third-order valence-corrected chi connectivity index (χ3v) is 6.89. The van der Waals surface area contributed by atoms with Crippen molar-refractivity contribution >= 4 is 39.9 Å². The highest BCUT2D eigenvalue weighted by Gasteiger charge is 2.51. The van der Waals surface area contributed by atoms with E-state index in [1.165, 1.54) is 0 Å². The summed E-state index contributed by atoms with van der Waals surface area (Å²) in [6.45, 7) is 17.5. The van der Waals surface area contributed by atoms with Crippen molar-refractivity contribution in [1.82, 2.24) is 10.2 Å². The predicted molar refractivity (Wildman–Crippen MR) is 154 cm³/mol. The summed E-state index contributed by atoms with van der Waals surface area (Å²) in [6, 6.07) is 5.27. The minimum atomic E-state index is -0.676. The maximum absolute atomic E-state index is 13.7. The molecule has 0 spiro atoms. The SMILES string of the molecule is CC(C)(C)OC(=O)NCCC[C@H]1[C@@H]2CCN(C(=O)OC(C)(C)C)[C@@H]2c2cc(Br)ccc2N1C(=O)OC(C)(C)C. The van der Waals surface area contributed by atoms with Crippen LogP contribution >= 0.6 is 15.9 Å². The number of carbonyl (C=O) groups is 3. The van der Waals surface area contributed by atoms with Gasteiger partial charge in [0.15, 0.2) is 0 Å². The Bertz CT molecular complexity index is 1070. The fourth-order valence-electron chi connectivity index (χ4n) is 5.20. The number of carbonyl (C=O) groups excluding carboxylic acids is 3. The second-order valence-corrected chi connectivity index (χ2v) is 14.2. The summed E-state index contributed by atoms with van der Waals surface area (Å²) in [6.07, 6.45) is 0.667. The minimum absolute atomic E-state index is 0.0339. The molecule has 0 aromatic heterocycles. The van der Waals surface area contributed by atoms with Crippen LogP contribution in [-0.2, 0) is 14.2 Å². The number of fused-ring (bicyclic) bond motifs is 3. The highest BCUT2D eigenvalue weighted by molar-refractivity contribution is 9.10. The number of nitrogens with zero attached hydrogens (tertiary/aromatic N) is 2. The third-order valence-electron chi connectivity index (χ3n) is 6.40. The van der Waals surface area contributed by atoms with E-state index in [0.29, 0.717) is 38.0 Å². The fourth-order valence-corrected chi connectivity index (χ4v) is 5.58. The Labute approximate surface area is 241 Å². The zero-order chi connectivity index (χ0) is 29.3. The normalized spacial score (nSPS) is 21.1. The van der Waals surface area contributed by atoms with Crippen LogP contribution in [0.3, 0.4) is 0 Å². The molecule has 3 amide bonds. The molecule has 0 radical (unpaired) electrons. The fraction of sp³-hybridized carbons (Fsp3) is 0.690. The average molecular weight is 611 g/mol. The molecule has 10 heteroatoms. The molecule has 1 saturated heterocycles. The van der Waals surface area contributed by atoms with Gasteiger partial charge < -0.3 is 24.4 Å². The van der Waals surface area contributed by atoms with Gasteiger partial charge >= 0.3 is 18.3 Å². The number of alkyl carbamates (subject to hydrolysis) is 1. The van der Waals surface area contributed by atoms with E-state index in [0.717, 1.165) is 10.0 Å². The van der Waals surface area contributed by atoms with E-state index in [-0.39, 0.29) is 24.1 Å². The number of likely N-dealkylation sites (tertiary alicyclic amines) is 1. The van der Waals surface area contributed by atoms with Gasteiger partial charge in [0.25, 0.3) is 0 Å². The van der Waals surface area contributed by atoms with E-state index in [1.807, 2.05) is 80.5 Å². The summed E-state index contributed by atoms with van der Waals surface area (Å²) in [4.78, 5) is 42.7. The summed E-state index contributed by atoms with van der Waals surface area (Å²) in [5.41, 5.74) is -0.286. The lowest BCUT2D eigenvalue weighted by molar-refractivity contribution is 0.0189. The molecule has 0 unspecified atom stereocenters. The van der Waals surface area contributed by atoms with Crippen molar-refractivity contribution in [2.75, 3.05) is 18.0 Å². The molecule has 2 heterocycles. The van der Waals surface area contributed by atoms with E-state index in [1.54, 1.807) is 9.80 Å². The first kappa shape index (κ1) is 31.0. The molecule has 218 valence electrons. The van der Waals surface area contributed by atoms with Crippen molar-refractivity contribution in [1.29, 1.82) is 0 Å². The highest BCUT2D eigenvalue weighted by Crippen LogP contribution is 2.51. The molecule has 39 heavy (non-hydrogen) atoms. The number of anilines is 1. The maximum Gasteiger partial charge on any atom is 0.415 e. The second-order valence-electron chi connectivity index (χ2n) is 13.3. The Morgan fingerprint density at radius 3 is 2.10 bits per heavy atom. The maximum atomic E-state index is 13.7. The number of benzene rings is 1. The molecular formula is C29H44BrN3O6. The second kappa shape index (κ2) is 11.6. The topological polar surface area (TPSA) is 97.4 Å². The summed E-state index contributed by atoms with van der Waals surface area (Å²) >= 11 is 3.58. The van der Waals surface area contributed by atoms with Gasteiger partial charge in [0.05, 0.1) is 11.7 Å². The molecule has 1 aromatic rings. The quantitative estimate of drug-likeness (QED) is 0.287. The summed E-state index contributed by atoms with van der Waals surface area (Å²) in [5, 5.41) is 2.81. The molecule has 0 saturated carbocycles. The number of hydrogen-bond donors (Lipinski definition) is 1. The standard InChI is InChI=1S/C29H44BrN3O6/c1-27(2,3)37-24(34)31-15-10-11-21-19-14-16-32(25(35)38-28(4,5)6)23(19)20-17-18(30)12-13-22(20)33(21)26(36)39-29(7,8)9/h12-13,17,19,21,23H,10-11,14-16H2,1-9H3,(H,31,34)/t19-,21-,23-/m0/s1. The first-order valence-corrected chi connectivity index (χ1v) is 14.4. The lowest BCUT2D eigenvalue weighted by Gasteiger charge is -2.45. The van der Waals surface area contributed by atoms with Crippen molar-refractivity contribution in [3.05, 3.63) is 28.2 Å². The molecule has 0 aliphatic carbocycles. The van der Waals surface area contributed by atoms with Crippen molar-refractivity contribution < 1.29 is 28.6 Å². The largest absolute Gasteiger partial charge is 0.444 e. The first-order valence-electron chi connectivity index (χ1n) is 13.6. The zero-order valence-electron chi connectivity index (χ0n) is 24.7. The van der Waals surface area contributed by atoms with Crippen LogP contribution in [0.1, 0.15) is 93.2 Å². The summed E-state index contributed by atoms with van der Waals surface area (Å²) in [5.74, 6) is -0.0339. The Kier molecular flexibility index (Phi) is 9.19. The lowest BCUT2D eigenvalue weighted by atomic mass is 9.80. The average Bonchev–Trinajstić information content (AvgIpc) is 3.18. The predicted octanol–water partition coefficient (Wildman–Crippen LogP) is 7.18. The number of amides is 3. The van der Waals surface area contributed by atoms with Crippen LogP contribution in [0.5, 0.6) is 0 Å². The number of ether oxygens (including phenoxy) is 3. The Balaban J connectivity index is 1.94. The lowest BCUT2D eigenvalue weighted by Crippen LogP contribution is -2.52. The molecule has 2 aliphatic heterocycles. The van der Waals surface area contributed by atoms with E-state index in [4.69, 9.17) is 14.2 Å². The molecule has 1 N–H and O–H groups in total. The number of hydrogen-bond acceptors (Lipinski definition) is 6. The monoisotopic (exact) mass is 609 g/mol. The summed E-state index contributed by atoms with van der Waals surface area (Å²) < 4.78 is 17.8. The van der Waals surface area contributed by atoms with E-state index < -0.39 is 29.0 Å². The molecule has 2 aliphatic rings. The number of rotatable bonds is 4. The van der Waals surface area contributed by atoms with Crippen molar-refractivity contribution in [2.45, 2.75) is 110 Å². The van der Waals surface area contributed by atoms with Gasteiger partial charge in [-0.15, -0.1) is 0 Å². The number of nitrogens with one attached hydrogen (secondary N) is 1. The van der Waals surface area contributed by atoms with Gasteiger partial charge in [-0.1, -0.05) is 15.9 Å². The molecule has 1 aromatic carbocycles. The smallest absolute Gasteiger partial charge is 0.415 e. The van der Waals surface area contributed by atoms with Gasteiger partial charge in [0.2, 0.25) is 0 Å². The van der Waals surface area contributed by atoms with E-state index in [2.05, 4.69) is 21.2 Å². The van der Waals surface area contributed by atoms with Crippen molar-refractivity contribution in [3.63, 3.8) is 0 Å². The van der Waals surface area contributed by atoms with Gasteiger partial charge in [0.1, 0.15) is 16.8 Å². The van der Waals surface area contributed by atoms with Gasteiger partial charge in [0, 0.05) is 35.1 Å². The Hall–Kier alpha value is -2.49. The van der Waals surface area contributed by atoms with Gasteiger partial charge in [-0.05, 0) is 99.8 Å². The molecular weight excluding hydrogens is 566 g/mol. The molecule has 0 bridgehead atoms. The zero-order valence-corrected chi connectivity index (χ0v) is 26.3. The van der Waals surface area contributed by atoms with E-state index >= 15 is 0 Å². The van der Waals surface area contributed by atoms with Crippen molar-refractivity contribution in [2.24, 2.45) is 5.92 Å². The third kappa shape index (κ3) is 8.25. The Morgan fingerprint density at radius 1 is 0.923 bits per heavy atom. The molecule has 3 atom stereocenters. The van der Waals surface area contributed by atoms with Crippen LogP contribution in [0.2, 0.25) is 0 Å². The van der Waals surface area contributed by atoms with Gasteiger partial charge in [-0.25, -0.2) is 14.4 Å². The molecule has 1 fully saturated rings. The van der Waals surface area contributed by atoms with Gasteiger partial charge in [-0.3, -0.25) is 4.90 Å². The van der Waals surface area contributed by atoms with Crippen LogP contribution < -0.4 is 10.2 Å².